The number of unbranched alkanes of at least 4 members (excludes halogenated alkanes) is 1. The summed E-state index contributed by atoms with van der Waals surface area (Å²) in [4.78, 5) is 0. The first-order valence-corrected chi connectivity index (χ1v) is 11.8. The molecule has 0 radical (unpaired) electrons. The highest BCUT2D eigenvalue weighted by Crippen LogP contribution is 2.13. The molecule has 0 aromatic carbocycles. The van der Waals surface area contributed by atoms with E-state index in [1.807, 2.05) is 0 Å². The fourth-order valence-electron chi connectivity index (χ4n) is 2.73. The van der Waals surface area contributed by atoms with Crippen molar-refractivity contribution >= 4 is 11.8 Å². The van der Waals surface area contributed by atoms with E-state index in [9.17, 15) is 0 Å². The molecule has 0 fully saturated rings. The van der Waals surface area contributed by atoms with Crippen molar-refractivity contribution in [1.29, 1.82) is 0 Å². The molecule has 0 saturated carbocycles. The van der Waals surface area contributed by atoms with Gasteiger partial charge in [-0.1, -0.05) is 67.4 Å². The van der Waals surface area contributed by atoms with Crippen LogP contribution in [0.25, 0.3) is 0 Å². The van der Waals surface area contributed by atoms with E-state index in [0.29, 0.717) is 6.04 Å². The standard InChI is InChI=1S/C22H46N2S/c1-8-9-11-22(23-14-10-15-25-17-19(4)5)21(7)24-16-20(6)13-12-18(2)3/h18-20,22-24H,7-17H2,1-6H3/t20?,22-/m0/s1. The van der Waals surface area contributed by atoms with Gasteiger partial charge in [-0.2, -0.15) is 11.8 Å². The Morgan fingerprint density at radius 3 is 2.28 bits per heavy atom. The zero-order valence-corrected chi connectivity index (χ0v) is 18.8. The molecule has 2 nitrogen and oxygen atoms in total. The molecule has 0 rings (SSSR count). The lowest BCUT2D eigenvalue weighted by Gasteiger charge is -2.24. The largest absolute Gasteiger partial charge is 0.387 e. The monoisotopic (exact) mass is 370 g/mol. The smallest absolute Gasteiger partial charge is 0.0463 e. The highest BCUT2D eigenvalue weighted by molar-refractivity contribution is 7.99. The topological polar surface area (TPSA) is 24.1 Å². The maximum atomic E-state index is 4.33. The molecule has 1 unspecified atom stereocenters. The summed E-state index contributed by atoms with van der Waals surface area (Å²) in [6, 6.07) is 0.423. The summed E-state index contributed by atoms with van der Waals surface area (Å²) in [5.41, 5.74) is 1.19. The van der Waals surface area contributed by atoms with Gasteiger partial charge in [0.2, 0.25) is 0 Å². The molecular weight excluding hydrogens is 324 g/mol. The maximum absolute atomic E-state index is 4.33. The Bertz CT molecular complexity index is 315. The van der Waals surface area contributed by atoms with Gasteiger partial charge in [0.1, 0.15) is 0 Å². The van der Waals surface area contributed by atoms with Crippen LogP contribution in [0.15, 0.2) is 12.3 Å². The van der Waals surface area contributed by atoms with Crippen LogP contribution in [0.1, 0.15) is 80.1 Å². The van der Waals surface area contributed by atoms with Crippen molar-refractivity contribution in [3.8, 4) is 0 Å². The first-order valence-electron chi connectivity index (χ1n) is 10.6. The molecule has 0 heterocycles. The minimum Gasteiger partial charge on any atom is -0.387 e. The summed E-state index contributed by atoms with van der Waals surface area (Å²) >= 11 is 2.08. The summed E-state index contributed by atoms with van der Waals surface area (Å²) in [6.07, 6.45) is 7.59. The van der Waals surface area contributed by atoms with Crippen molar-refractivity contribution < 1.29 is 0 Å². The first kappa shape index (κ1) is 24.8. The van der Waals surface area contributed by atoms with Gasteiger partial charge in [-0.15, -0.1) is 0 Å². The van der Waals surface area contributed by atoms with Crippen molar-refractivity contribution in [3.63, 3.8) is 0 Å². The van der Waals surface area contributed by atoms with E-state index in [0.717, 1.165) is 30.8 Å². The van der Waals surface area contributed by atoms with Crippen LogP contribution in [-0.2, 0) is 0 Å². The van der Waals surface area contributed by atoms with Gasteiger partial charge in [-0.3, -0.25) is 0 Å². The lowest BCUT2D eigenvalue weighted by atomic mass is 9.99. The van der Waals surface area contributed by atoms with E-state index in [-0.39, 0.29) is 0 Å². The van der Waals surface area contributed by atoms with E-state index < -0.39 is 0 Å². The molecule has 0 aliphatic heterocycles. The molecule has 150 valence electrons. The number of rotatable bonds is 17. The Balaban J connectivity index is 4.06. The third-order valence-electron chi connectivity index (χ3n) is 4.49. The van der Waals surface area contributed by atoms with E-state index in [1.54, 1.807) is 0 Å². The predicted molar refractivity (Wildman–Crippen MR) is 118 cm³/mol. The molecular formula is C22H46N2S. The van der Waals surface area contributed by atoms with Crippen molar-refractivity contribution in [3.05, 3.63) is 12.3 Å². The molecule has 0 aliphatic rings. The lowest BCUT2D eigenvalue weighted by molar-refractivity contribution is 0.422. The summed E-state index contributed by atoms with van der Waals surface area (Å²) in [6.45, 7) is 20.3. The quantitative estimate of drug-likeness (QED) is 0.303. The number of nitrogens with one attached hydrogen (secondary N) is 2. The van der Waals surface area contributed by atoms with Gasteiger partial charge in [0, 0.05) is 18.3 Å². The van der Waals surface area contributed by atoms with Crippen molar-refractivity contribution in [2.24, 2.45) is 17.8 Å². The predicted octanol–water partition coefficient (Wildman–Crippen LogP) is 6.09. The maximum Gasteiger partial charge on any atom is 0.0463 e. The highest BCUT2D eigenvalue weighted by atomic mass is 32.2. The molecule has 0 aromatic rings. The van der Waals surface area contributed by atoms with Crippen LogP contribution >= 0.6 is 11.8 Å². The van der Waals surface area contributed by atoms with Gasteiger partial charge in [0.15, 0.2) is 0 Å². The van der Waals surface area contributed by atoms with Crippen LogP contribution in [0.3, 0.4) is 0 Å². The fraction of sp³-hybridized carbons (Fsp3) is 0.909. The van der Waals surface area contributed by atoms with Gasteiger partial charge >= 0.3 is 0 Å². The summed E-state index contributed by atoms with van der Waals surface area (Å²) < 4.78 is 0. The Hall–Kier alpha value is -0.150. The van der Waals surface area contributed by atoms with Gasteiger partial charge in [0.25, 0.3) is 0 Å². The van der Waals surface area contributed by atoms with Gasteiger partial charge < -0.3 is 10.6 Å². The van der Waals surface area contributed by atoms with E-state index >= 15 is 0 Å². The zero-order valence-electron chi connectivity index (χ0n) is 18.0. The molecule has 0 aliphatic carbocycles. The van der Waals surface area contributed by atoms with E-state index in [4.69, 9.17) is 0 Å². The lowest BCUT2D eigenvalue weighted by Crippen LogP contribution is -2.38. The first-order chi connectivity index (χ1) is 11.9. The second-order valence-electron chi connectivity index (χ2n) is 8.45. The van der Waals surface area contributed by atoms with Crippen LogP contribution in [0.5, 0.6) is 0 Å². The molecule has 0 amide bonds. The Morgan fingerprint density at radius 2 is 1.68 bits per heavy atom. The second kappa shape index (κ2) is 16.1. The second-order valence-corrected chi connectivity index (χ2v) is 9.60. The van der Waals surface area contributed by atoms with Crippen molar-refractivity contribution in [2.45, 2.75) is 86.1 Å². The Labute approximate surface area is 163 Å². The van der Waals surface area contributed by atoms with Gasteiger partial charge in [-0.25, -0.2) is 0 Å². The molecule has 2 N–H and O–H groups in total. The third-order valence-corrected chi connectivity index (χ3v) is 5.97. The van der Waals surface area contributed by atoms with E-state index in [1.165, 1.54) is 55.7 Å². The molecule has 3 heteroatoms. The molecule has 0 saturated heterocycles. The fourth-order valence-corrected chi connectivity index (χ4v) is 3.71. The SMILES string of the molecule is C=C(NCC(C)CCC(C)C)[C@H](CCCC)NCCCSCC(C)C. The zero-order chi connectivity index (χ0) is 19.1. The van der Waals surface area contributed by atoms with Crippen LogP contribution in [0.4, 0.5) is 0 Å². The van der Waals surface area contributed by atoms with Crippen molar-refractivity contribution in [1.82, 2.24) is 10.6 Å². The molecule has 0 aromatic heterocycles. The van der Waals surface area contributed by atoms with Crippen LogP contribution < -0.4 is 10.6 Å². The summed E-state index contributed by atoms with van der Waals surface area (Å²) in [5.74, 6) is 4.87. The third kappa shape index (κ3) is 15.8. The highest BCUT2D eigenvalue weighted by Gasteiger charge is 2.12. The van der Waals surface area contributed by atoms with Gasteiger partial charge in [-0.05, 0) is 55.1 Å². The number of hydrogen-bond acceptors (Lipinski definition) is 3. The number of hydrogen-bond donors (Lipinski definition) is 2. The minimum absolute atomic E-state index is 0.423. The molecule has 25 heavy (non-hydrogen) atoms. The average Bonchev–Trinajstić information content (AvgIpc) is 2.56. The summed E-state index contributed by atoms with van der Waals surface area (Å²) in [7, 11) is 0. The van der Waals surface area contributed by atoms with Gasteiger partial charge in [0.05, 0.1) is 0 Å². The number of thioether (sulfide) groups is 1. The van der Waals surface area contributed by atoms with Crippen LogP contribution in [0.2, 0.25) is 0 Å². The normalized spacial score (nSPS) is 14.1. The summed E-state index contributed by atoms with van der Waals surface area (Å²) in [5, 5.41) is 7.36. The molecule has 2 atom stereocenters. The van der Waals surface area contributed by atoms with Crippen LogP contribution in [0, 0.1) is 17.8 Å². The van der Waals surface area contributed by atoms with Crippen LogP contribution in [-0.4, -0.2) is 30.6 Å². The minimum atomic E-state index is 0.423. The Morgan fingerprint density at radius 1 is 0.960 bits per heavy atom. The van der Waals surface area contributed by atoms with E-state index in [2.05, 4.69) is 70.5 Å². The Kier molecular flexibility index (Phi) is 16.0. The average molecular weight is 371 g/mol. The molecule has 0 spiro atoms. The van der Waals surface area contributed by atoms with Crippen molar-refractivity contribution in [2.75, 3.05) is 24.6 Å². The molecule has 0 bridgehead atoms.